The predicted molar refractivity (Wildman–Crippen MR) is 55.9 cm³/mol. The molecular weight excluding hydrogens is 200 g/mol. The second-order valence-electron chi connectivity index (χ2n) is 3.52. The largest absolute Gasteiger partial charge is 0.496 e. The highest BCUT2D eigenvalue weighted by Crippen LogP contribution is 2.53. The number of benzene rings is 1. The van der Waals surface area contributed by atoms with Crippen molar-refractivity contribution in [1.82, 2.24) is 0 Å². The Hall–Kier alpha value is -0.730. The van der Waals surface area contributed by atoms with E-state index in [1.54, 1.807) is 14.2 Å². The van der Waals surface area contributed by atoms with Crippen molar-refractivity contribution >= 4 is 11.6 Å². The van der Waals surface area contributed by atoms with Crippen molar-refractivity contribution in [2.45, 2.75) is 18.4 Å². The van der Waals surface area contributed by atoms with Crippen molar-refractivity contribution in [3.8, 4) is 5.75 Å². The molecule has 0 spiro atoms. The minimum absolute atomic E-state index is 0.191. The van der Waals surface area contributed by atoms with E-state index in [1.807, 2.05) is 18.2 Å². The third kappa shape index (κ3) is 1.39. The molecule has 3 heteroatoms. The quantitative estimate of drug-likeness (QED) is 0.767. The summed E-state index contributed by atoms with van der Waals surface area (Å²) in [5.74, 6) is 0.817. The molecule has 0 radical (unpaired) electrons. The van der Waals surface area contributed by atoms with Crippen LogP contribution in [0.4, 0.5) is 0 Å². The zero-order valence-electron chi connectivity index (χ0n) is 8.34. The molecule has 2 nitrogen and oxygen atoms in total. The summed E-state index contributed by atoms with van der Waals surface area (Å²) >= 11 is 6.15. The molecule has 0 saturated heterocycles. The molecule has 0 atom stereocenters. The molecule has 1 aliphatic rings. The molecule has 0 N–H and O–H groups in total. The van der Waals surface area contributed by atoms with Crippen LogP contribution in [0.5, 0.6) is 5.75 Å². The van der Waals surface area contributed by atoms with E-state index in [9.17, 15) is 0 Å². The summed E-state index contributed by atoms with van der Waals surface area (Å²) in [5, 5.41) is 0.726. The van der Waals surface area contributed by atoms with Gasteiger partial charge in [-0.15, -0.1) is 0 Å². The number of hydrogen-bond acceptors (Lipinski definition) is 2. The lowest BCUT2D eigenvalue weighted by molar-refractivity contribution is 0.0766. The third-order valence-corrected chi connectivity index (χ3v) is 3.06. The van der Waals surface area contributed by atoms with Gasteiger partial charge < -0.3 is 9.47 Å². The van der Waals surface area contributed by atoms with Crippen LogP contribution in [-0.4, -0.2) is 14.2 Å². The molecule has 0 unspecified atom stereocenters. The Balaban J connectivity index is 2.50. The number of hydrogen-bond donors (Lipinski definition) is 0. The Labute approximate surface area is 88.8 Å². The fourth-order valence-corrected chi connectivity index (χ4v) is 2.12. The van der Waals surface area contributed by atoms with E-state index in [4.69, 9.17) is 21.1 Å². The van der Waals surface area contributed by atoms with E-state index in [2.05, 4.69) is 0 Å². The lowest BCUT2D eigenvalue weighted by Crippen LogP contribution is -2.11. The Kier molecular flexibility index (Phi) is 2.41. The normalized spacial score (nSPS) is 17.9. The summed E-state index contributed by atoms with van der Waals surface area (Å²) in [4.78, 5) is 0. The summed E-state index contributed by atoms with van der Waals surface area (Å²) in [5.41, 5.74) is 0.801. The topological polar surface area (TPSA) is 18.5 Å². The molecular formula is C11H13ClO2. The Morgan fingerprint density at radius 1 is 1.29 bits per heavy atom. The van der Waals surface area contributed by atoms with Crippen molar-refractivity contribution in [3.63, 3.8) is 0 Å². The summed E-state index contributed by atoms with van der Waals surface area (Å²) < 4.78 is 10.8. The molecule has 0 heterocycles. The van der Waals surface area contributed by atoms with E-state index >= 15 is 0 Å². The maximum atomic E-state index is 6.15. The Morgan fingerprint density at radius 3 is 2.50 bits per heavy atom. The van der Waals surface area contributed by atoms with Crippen molar-refractivity contribution in [3.05, 3.63) is 28.8 Å². The van der Waals surface area contributed by atoms with Crippen molar-refractivity contribution < 1.29 is 9.47 Å². The molecule has 76 valence electrons. The van der Waals surface area contributed by atoms with Crippen LogP contribution in [0, 0.1) is 0 Å². The maximum absolute atomic E-state index is 6.15. The van der Waals surface area contributed by atoms with E-state index in [1.165, 1.54) is 0 Å². The lowest BCUT2D eigenvalue weighted by atomic mass is 10.1. The van der Waals surface area contributed by atoms with Crippen LogP contribution in [0.1, 0.15) is 18.4 Å². The SMILES string of the molecule is COc1cccc(Cl)c1C1(OC)CC1. The second kappa shape index (κ2) is 3.44. The molecule has 1 aromatic rings. The monoisotopic (exact) mass is 212 g/mol. The highest BCUT2D eigenvalue weighted by atomic mass is 35.5. The Morgan fingerprint density at radius 2 is 2.00 bits per heavy atom. The standard InChI is InChI=1S/C11H13ClO2/c1-13-9-5-3-4-8(12)10(9)11(14-2)6-7-11/h3-5H,6-7H2,1-2H3. The molecule has 0 aliphatic heterocycles. The molecule has 0 aromatic heterocycles. The van der Waals surface area contributed by atoms with Crippen LogP contribution in [0.15, 0.2) is 18.2 Å². The lowest BCUT2D eigenvalue weighted by Gasteiger charge is -2.18. The van der Waals surface area contributed by atoms with Gasteiger partial charge in [0.15, 0.2) is 0 Å². The summed E-state index contributed by atoms with van der Waals surface area (Å²) in [6.45, 7) is 0. The van der Waals surface area contributed by atoms with Gasteiger partial charge in [-0.25, -0.2) is 0 Å². The molecule has 0 bridgehead atoms. The van der Waals surface area contributed by atoms with E-state index < -0.39 is 0 Å². The molecule has 1 saturated carbocycles. The zero-order chi connectivity index (χ0) is 10.2. The van der Waals surface area contributed by atoms with Gasteiger partial charge in [0.1, 0.15) is 5.75 Å². The molecule has 1 aliphatic carbocycles. The van der Waals surface area contributed by atoms with Crippen molar-refractivity contribution in [1.29, 1.82) is 0 Å². The first-order valence-corrected chi connectivity index (χ1v) is 4.99. The maximum Gasteiger partial charge on any atom is 0.126 e. The summed E-state index contributed by atoms with van der Waals surface area (Å²) in [6, 6.07) is 5.68. The summed E-state index contributed by atoms with van der Waals surface area (Å²) in [7, 11) is 3.37. The van der Waals surface area contributed by atoms with Gasteiger partial charge in [-0.2, -0.15) is 0 Å². The molecule has 1 fully saturated rings. The van der Waals surface area contributed by atoms with Gasteiger partial charge in [-0.3, -0.25) is 0 Å². The fourth-order valence-electron chi connectivity index (χ4n) is 1.79. The van der Waals surface area contributed by atoms with Crippen LogP contribution in [-0.2, 0) is 10.3 Å². The van der Waals surface area contributed by atoms with Gasteiger partial charge in [0.2, 0.25) is 0 Å². The summed E-state index contributed by atoms with van der Waals surface area (Å²) in [6.07, 6.45) is 2.03. The molecule has 14 heavy (non-hydrogen) atoms. The van der Waals surface area contributed by atoms with E-state index in [0.717, 1.165) is 29.2 Å². The fraction of sp³-hybridized carbons (Fsp3) is 0.455. The van der Waals surface area contributed by atoms with Crippen molar-refractivity contribution in [2.24, 2.45) is 0 Å². The molecule has 1 aromatic carbocycles. The smallest absolute Gasteiger partial charge is 0.126 e. The average molecular weight is 213 g/mol. The predicted octanol–water partition coefficient (Wildman–Crippen LogP) is 2.98. The van der Waals surface area contributed by atoms with Crippen molar-refractivity contribution in [2.75, 3.05) is 14.2 Å². The Bertz CT molecular complexity index is 345. The van der Waals surface area contributed by atoms with Crippen LogP contribution in [0.2, 0.25) is 5.02 Å². The minimum Gasteiger partial charge on any atom is -0.496 e. The van der Waals surface area contributed by atoms with E-state index in [-0.39, 0.29) is 5.60 Å². The van der Waals surface area contributed by atoms with Gasteiger partial charge in [0, 0.05) is 12.7 Å². The highest BCUT2D eigenvalue weighted by Gasteiger charge is 2.48. The number of halogens is 1. The van der Waals surface area contributed by atoms with Gasteiger partial charge in [0.05, 0.1) is 17.7 Å². The average Bonchev–Trinajstić information content (AvgIpc) is 2.98. The van der Waals surface area contributed by atoms with Gasteiger partial charge in [0.25, 0.3) is 0 Å². The van der Waals surface area contributed by atoms with Crippen LogP contribution in [0.3, 0.4) is 0 Å². The van der Waals surface area contributed by atoms with Crippen LogP contribution >= 0.6 is 11.6 Å². The zero-order valence-corrected chi connectivity index (χ0v) is 9.10. The van der Waals surface area contributed by atoms with E-state index in [0.29, 0.717) is 0 Å². The third-order valence-electron chi connectivity index (χ3n) is 2.75. The highest BCUT2D eigenvalue weighted by molar-refractivity contribution is 6.31. The minimum atomic E-state index is -0.191. The van der Waals surface area contributed by atoms with Gasteiger partial charge in [-0.1, -0.05) is 17.7 Å². The van der Waals surface area contributed by atoms with Crippen LogP contribution < -0.4 is 4.74 Å². The number of rotatable bonds is 3. The van der Waals surface area contributed by atoms with Gasteiger partial charge >= 0.3 is 0 Å². The van der Waals surface area contributed by atoms with Gasteiger partial charge in [-0.05, 0) is 25.0 Å². The van der Waals surface area contributed by atoms with Crippen LogP contribution in [0.25, 0.3) is 0 Å². The second-order valence-corrected chi connectivity index (χ2v) is 3.92. The number of ether oxygens (including phenoxy) is 2. The first-order chi connectivity index (χ1) is 6.73. The molecule has 2 rings (SSSR count). The first kappa shape index (κ1) is 9.81. The molecule has 0 amide bonds. The first-order valence-electron chi connectivity index (χ1n) is 4.61. The number of methoxy groups -OCH3 is 2.